The highest BCUT2D eigenvalue weighted by Gasteiger charge is 2.14. The van der Waals surface area contributed by atoms with E-state index in [1.54, 1.807) is 11.3 Å². The second-order valence-corrected chi connectivity index (χ2v) is 3.94. The Kier molecular flexibility index (Phi) is 2.68. The molecule has 1 heterocycles. The van der Waals surface area contributed by atoms with Crippen LogP contribution < -0.4 is 0 Å². The molecule has 62 valence electrons. The number of hydrogen-bond acceptors (Lipinski definition) is 2. The predicted molar refractivity (Wildman–Crippen MR) is 48.9 cm³/mol. The second kappa shape index (κ2) is 3.37. The summed E-state index contributed by atoms with van der Waals surface area (Å²) in [4.78, 5) is 0. The van der Waals surface area contributed by atoms with Crippen LogP contribution in [-0.4, -0.2) is 5.11 Å². The molecule has 0 aromatic carbocycles. The lowest BCUT2D eigenvalue weighted by Gasteiger charge is -2.13. The van der Waals surface area contributed by atoms with Crippen LogP contribution in [0.4, 0.5) is 0 Å². The van der Waals surface area contributed by atoms with Crippen LogP contribution in [0.3, 0.4) is 0 Å². The van der Waals surface area contributed by atoms with Gasteiger partial charge in [0.05, 0.1) is 6.10 Å². The largest absolute Gasteiger partial charge is 0.388 e. The molecule has 0 amide bonds. The molecule has 0 bridgehead atoms. The van der Waals surface area contributed by atoms with Gasteiger partial charge in [-0.3, -0.25) is 0 Å². The molecule has 0 saturated heterocycles. The highest BCUT2D eigenvalue weighted by molar-refractivity contribution is 7.08. The molecule has 1 rings (SSSR count). The smallest absolute Gasteiger partial charge is 0.0823 e. The first-order valence-corrected chi connectivity index (χ1v) is 4.78. The molecule has 1 atom stereocenters. The molecule has 11 heavy (non-hydrogen) atoms. The Hall–Kier alpha value is -0.340. The molecule has 0 aliphatic rings. The number of aliphatic hydroxyl groups excluding tert-OH is 1. The number of rotatable bonds is 2. The summed E-state index contributed by atoms with van der Waals surface area (Å²) in [5.41, 5.74) is 2.29. The lowest BCUT2D eigenvalue weighted by atomic mass is 9.99. The van der Waals surface area contributed by atoms with Crippen molar-refractivity contribution in [1.82, 2.24) is 0 Å². The molecule has 1 N–H and O–H groups in total. The summed E-state index contributed by atoms with van der Waals surface area (Å²) in [5.74, 6) is 0.309. The van der Waals surface area contributed by atoms with E-state index in [0.29, 0.717) is 5.92 Å². The lowest BCUT2D eigenvalue weighted by molar-refractivity contribution is 0.127. The zero-order valence-corrected chi connectivity index (χ0v) is 7.98. The van der Waals surface area contributed by atoms with Crippen molar-refractivity contribution in [2.45, 2.75) is 26.9 Å². The van der Waals surface area contributed by atoms with Gasteiger partial charge in [0.2, 0.25) is 0 Å². The van der Waals surface area contributed by atoms with Crippen LogP contribution in [0.25, 0.3) is 0 Å². The van der Waals surface area contributed by atoms with Crippen molar-refractivity contribution in [3.63, 3.8) is 0 Å². The zero-order valence-electron chi connectivity index (χ0n) is 7.16. The van der Waals surface area contributed by atoms with Crippen LogP contribution in [-0.2, 0) is 0 Å². The molecular weight excluding hydrogens is 156 g/mol. The van der Waals surface area contributed by atoms with E-state index in [9.17, 15) is 5.11 Å². The molecule has 0 aliphatic heterocycles. The minimum absolute atomic E-state index is 0.291. The first kappa shape index (κ1) is 8.75. The first-order valence-electron chi connectivity index (χ1n) is 3.83. The van der Waals surface area contributed by atoms with E-state index in [2.05, 4.69) is 5.38 Å². The summed E-state index contributed by atoms with van der Waals surface area (Å²) in [6.45, 7) is 6.10. The molecule has 2 heteroatoms. The van der Waals surface area contributed by atoms with Crippen molar-refractivity contribution in [3.8, 4) is 0 Å². The molecular formula is C9H14OS. The van der Waals surface area contributed by atoms with E-state index in [4.69, 9.17) is 0 Å². The van der Waals surface area contributed by atoms with E-state index in [1.807, 2.05) is 26.2 Å². The van der Waals surface area contributed by atoms with Gasteiger partial charge < -0.3 is 5.11 Å². The highest BCUT2D eigenvalue weighted by atomic mass is 32.1. The average molecular weight is 170 g/mol. The first-order chi connectivity index (χ1) is 5.13. The minimum Gasteiger partial charge on any atom is -0.388 e. The van der Waals surface area contributed by atoms with E-state index in [1.165, 1.54) is 5.56 Å². The van der Waals surface area contributed by atoms with Gasteiger partial charge in [-0.05, 0) is 34.7 Å². The van der Waals surface area contributed by atoms with Gasteiger partial charge in [0, 0.05) is 0 Å². The van der Waals surface area contributed by atoms with Crippen LogP contribution in [0.2, 0.25) is 0 Å². The number of thiophene rings is 1. The zero-order chi connectivity index (χ0) is 8.43. The summed E-state index contributed by atoms with van der Waals surface area (Å²) < 4.78 is 0. The van der Waals surface area contributed by atoms with Crippen molar-refractivity contribution in [2.24, 2.45) is 5.92 Å². The fourth-order valence-corrected chi connectivity index (χ4v) is 1.91. The summed E-state index contributed by atoms with van der Waals surface area (Å²) in [6, 6.07) is 0. The van der Waals surface area contributed by atoms with E-state index < -0.39 is 0 Å². The van der Waals surface area contributed by atoms with Crippen molar-refractivity contribution in [1.29, 1.82) is 0 Å². The van der Waals surface area contributed by atoms with Gasteiger partial charge in [-0.25, -0.2) is 0 Å². The van der Waals surface area contributed by atoms with Crippen LogP contribution in [0, 0.1) is 12.8 Å². The Morgan fingerprint density at radius 3 is 2.36 bits per heavy atom. The summed E-state index contributed by atoms with van der Waals surface area (Å²) >= 11 is 1.65. The Morgan fingerprint density at radius 2 is 2.00 bits per heavy atom. The van der Waals surface area contributed by atoms with Crippen molar-refractivity contribution in [3.05, 3.63) is 21.9 Å². The number of hydrogen-bond donors (Lipinski definition) is 1. The molecule has 1 aromatic rings. The van der Waals surface area contributed by atoms with Gasteiger partial charge in [0.15, 0.2) is 0 Å². The molecule has 0 saturated carbocycles. The maximum atomic E-state index is 9.67. The topological polar surface area (TPSA) is 20.2 Å². The molecule has 0 radical (unpaired) electrons. The maximum absolute atomic E-state index is 9.67. The summed E-state index contributed by atoms with van der Waals surface area (Å²) in [7, 11) is 0. The van der Waals surface area contributed by atoms with Crippen molar-refractivity contribution < 1.29 is 5.11 Å². The predicted octanol–water partition coefficient (Wildman–Crippen LogP) is 2.75. The second-order valence-electron chi connectivity index (χ2n) is 3.20. The van der Waals surface area contributed by atoms with Crippen LogP contribution in [0.5, 0.6) is 0 Å². The Morgan fingerprint density at radius 1 is 1.36 bits per heavy atom. The van der Waals surface area contributed by atoms with Gasteiger partial charge in [0.1, 0.15) is 0 Å². The molecule has 1 unspecified atom stereocenters. The average Bonchev–Trinajstić information content (AvgIpc) is 2.33. The molecule has 0 aliphatic carbocycles. The van der Waals surface area contributed by atoms with Crippen molar-refractivity contribution in [2.75, 3.05) is 0 Å². The monoisotopic (exact) mass is 170 g/mol. The maximum Gasteiger partial charge on any atom is 0.0823 e. The SMILES string of the molecule is Cc1cscc1C(O)C(C)C. The Labute approximate surface area is 71.7 Å². The van der Waals surface area contributed by atoms with Crippen LogP contribution >= 0.6 is 11.3 Å². The number of aryl methyl sites for hydroxylation is 1. The third kappa shape index (κ3) is 1.82. The summed E-state index contributed by atoms with van der Waals surface area (Å²) in [6.07, 6.45) is -0.291. The molecule has 1 aromatic heterocycles. The minimum atomic E-state index is -0.291. The Balaban J connectivity index is 2.84. The van der Waals surface area contributed by atoms with E-state index in [0.717, 1.165) is 5.56 Å². The quantitative estimate of drug-likeness (QED) is 0.723. The van der Waals surface area contributed by atoms with E-state index in [-0.39, 0.29) is 6.10 Å². The fourth-order valence-electron chi connectivity index (χ4n) is 1.03. The third-order valence-corrected chi connectivity index (χ3v) is 2.72. The molecule has 1 nitrogen and oxygen atoms in total. The normalized spacial score (nSPS) is 13.9. The van der Waals surface area contributed by atoms with Gasteiger partial charge >= 0.3 is 0 Å². The van der Waals surface area contributed by atoms with Crippen molar-refractivity contribution >= 4 is 11.3 Å². The standard InChI is InChI=1S/C9H14OS/c1-6(2)9(10)8-5-11-4-7(8)3/h4-6,9-10H,1-3H3. The lowest BCUT2D eigenvalue weighted by Crippen LogP contribution is -2.05. The molecule has 0 spiro atoms. The van der Waals surface area contributed by atoms with Crippen LogP contribution in [0.15, 0.2) is 10.8 Å². The summed E-state index contributed by atoms with van der Waals surface area (Å²) in [5, 5.41) is 13.8. The highest BCUT2D eigenvalue weighted by Crippen LogP contribution is 2.26. The van der Waals surface area contributed by atoms with Gasteiger partial charge in [-0.15, -0.1) is 0 Å². The van der Waals surface area contributed by atoms with Gasteiger partial charge in [0.25, 0.3) is 0 Å². The van der Waals surface area contributed by atoms with Crippen LogP contribution in [0.1, 0.15) is 31.1 Å². The van der Waals surface area contributed by atoms with Gasteiger partial charge in [-0.1, -0.05) is 13.8 Å². The van der Waals surface area contributed by atoms with E-state index >= 15 is 0 Å². The molecule has 0 fully saturated rings. The third-order valence-electron chi connectivity index (χ3n) is 1.85. The fraction of sp³-hybridized carbons (Fsp3) is 0.556. The van der Waals surface area contributed by atoms with Gasteiger partial charge in [-0.2, -0.15) is 11.3 Å². The number of aliphatic hydroxyl groups is 1. The Bertz CT molecular complexity index is 227.